The predicted molar refractivity (Wildman–Crippen MR) is 289 cm³/mol. The van der Waals surface area contributed by atoms with Crippen LogP contribution in [-0.4, -0.2) is 181 Å². The van der Waals surface area contributed by atoms with Crippen molar-refractivity contribution in [1.29, 1.82) is 0 Å². The van der Waals surface area contributed by atoms with E-state index in [2.05, 4.69) is 4.90 Å². The second-order valence-electron chi connectivity index (χ2n) is 17.9. The molecule has 1 aliphatic heterocycles. The number of phenolic OH excluding ortho intramolecular Hbond substituents is 1. The van der Waals surface area contributed by atoms with E-state index in [9.17, 15) is 40.9 Å². The molecule has 0 saturated heterocycles. The maximum Gasteiger partial charge on any atom is 0.303 e. The van der Waals surface area contributed by atoms with Gasteiger partial charge in [-0.05, 0) is 110 Å². The van der Waals surface area contributed by atoms with Crippen LogP contribution in [0.2, 0.25) is 0 Å². The first-order valence-electron chi connectivity index (χ1n) is 25.2. The van der Waals surface area contributed by atoms with E-state index >= 15 is 0 Å². The van der Waals surface area contributed by atoms with Gasteiger partial charge in [0, 0.05) is 74.4 Å². The largest absolute Gasteiger partial charge is 0.507 e. The summed E-state index contributed by atoms with van der Waals surface area (Å²) < 4.78 is 117. The number of carboxylic acid groups (broad SMARTS) is 1. The smallest absolute Gasteiger partial charge is 0.303 e. The summed E-state index contributed by atoms with van der Waals surface area (Å²) in [5, 5.41) is 21.4. The normalized spacial score (nSPS) is 15.5. The standard InChI is InChI=1S/C54H78N2O18S2/c1-42-39-44(68-5)15-18-46(42)47(11-7-6-8-12-52-54(2,20-9-13-53(58)59)49-41-45(76(63,64)65)16-19-50(49)56(52)21-10-38-75(60,61)62)48-17-14-43(40-51(48)57)55(22-24-69-30-32-73-36-34-71-28-26-66-3)23-25-70-31-33-74-37-35-72-29-27-67-4/h6,8,11-12,14-19,39-41,57H,7,9-10,13,20-38H2,1-5H3,(H,58,59)(H,60,61,62)(H,63,64,65)/b8-6+,47-11-,52-12+. The van der Waals surface area contributed by atoms with Crippen molar-refractivity contribution < 1.29 is 83.6 Å². The molecule has 3 aromatic carbocycles. The molecule has 0 amide bonds. The lowest BCUT2D eigenvalue weighted by Crippen LogP contribution is -2.31. The molecule has 0 radical (unpaired) electrons. The minimum atomic E-state index is -4.62. The van der Waals surface area contributed by atoms with E-state index in [1.807, 2.05) is 73.4 Å². The number of ether oxygens (including phenoxy) is 9. The number of hydrogen-bond donors (Lipinski definition) is 4. The summed E-state index contributed by atoms with van der Waals surface area (Å²) >= 11 is 0. The Hall–Kier alpha value is -4.95. The van der Waals surface area contributed by atoms with Crippen molar-refractivity contribution in [2.75, 3.05) is 149 Å². The number of nitrogens with zero attached hydrogens (tertiary/aromatic N) is 2. The highest BCUT2D eigenvalue weighted by atomic mass is 32.2. The van der Waals surface area contributed by atoms with Crippen molar-refractivity contribution in [2.45, 2.75) is 56.3 Å². The Bertz CT molecular complexity index is 2550. The molecule has 1 atom stereocenters. The van der Waals surface area contributed by atoms with Gasteiger partial charge in [0.15, 0.2) is 0 Å². The molecular weight excluding hydrogens is 1030 g/mol. The quantitative estimate of drug-likeness (QED) is 0.0340. The van der Waals surface area contributed by atoms with Crippen molar-refractivity contribution in [3.8, 4) is 11.5 Å². The molecule has 3 aromatic rings. The van der Waals surface area contributed by atoms with E-state index in [1.54, 1.807) is 27.4 Å². The van der Waals surface area contributed by atoms with E-state index < -0.39 is 37.4 Å². The number of rotatable bonds is 40. The van der Waals surface area contributed by atoms with E-state index in [0.29, 0.717) is 140 Å². The molecule has 20 nitrogen and oxygen atoms in total. The number of methoxy groups -OCH3 is 3. The molecule has 1 aliphatic rings. The van der Waals surface area contributed by atoms with Gasteiger partial charge in [-0.15, -0.1) is 0 Å². The van der Waals surface area contributed by atoms with E-state index in [-0.39, 0.29) is 42.9 Å². The number of allylic oxidation sites excluding steroid dienone is 5. The van der Waals surface area contributed by atoms with Crippen molar-refractivity contribution in [3.63, 3.8) is 0 Å². The molecule has 0 aliphatic carbocycles. The van der Waals surface area contributed by atoms with Crippen molar-refractivity contribution >= 4 is 43.2 Å². The summed E-state index contributed by atoms with van der Waals surface area (Å²) in [4.78, 5) is 15.2. The molecule has 0 spiro atoms. The van der Waals surface area contributed by atoms with Crippen LogP contribution in [0.4, 0.5) is 11.4 Å². The second-order valence-corrected chi connectivity index (χ2v) is 20.9. The monoisotopic (exact) mass is 1110 g/mol. The lowest BCUT2D eigenvalue weighted by Gasteiger charge is -2.30. The molecule has 0 bridgehead atoms. The summed E-state index contributed by atoms with van der Waals surface area (Å²) in [7, 11) is -4.10. The highest BCUT2D eigenvalue weighted by molar-refractivity contribution is 7.86. The number of benzene rings is 3. The molecule has 1 heterocycles. The van der Waals surface area contributed by atoms with Crippen LogP contribution in [-0.2, 0) is 68.3 Å². The molecule has 1 unspecified atom stereocenters. The molecule has 4 rings (SSSR count). The molecule has 76 heavy (non-hydrogen) atoms. The van der Waals surface area contributed by atoms with Crippen LogP contribution >= 0.6 is 0 Å². The SMILES string of the molecule is COCCOCCOCCOCCN(CCOCCOCCOCCOC)c1ccc(/C(=C\C/C=C/C=C2/N(CCCS(=O)(=O)O)c3ccc(S(=O)(=O)O)cc3C2(C)CCCC(=O)O)c2ccc(OC)cc2C)c(O)c1. The van der Waals surface area contributed by atoms with Crippen molar-refractivity contribution in [1.82, 2.24) is 0 Å². The lowest BCUT2D eigenvalue weighted by molar-refractivity contribution is -0.137. The van der Waals surface area contributed by atoms with Gasteiger partial charge in [-0.2, -0.15) is 16.8 Å². The summed E-state index contributed by atoms with van der Waals surface area (Å²) in [5.41, 5.74) is 4.52. The van der Waals surface area contributed by atoms with E-state index in [4.69, 9.17) is 42.6 Å². The number of fused-ring (bicyclic) bond motifs is 1. The zero-order valence-corrected chi connectivity index (χ0v) is 46.1. The summed E-state index contributed by atoms with van der Waals surface area (Å²) in [6, 6.07) is 15.4. The molecule has 0 aromatic heterocycles. The van der Waals surface area contributed by atoms with Gasteiger partial charge in [0.1, 0.15) is 11.5 Å². The Morgan fingerprint density at radius 3 is 1.79 bits per heavy atom. The van der Waals surface area contributed by atoms with Crippen LogP contribution in [0.5, 0.6) is 11.5 Å². The van der Waals surface area contributed by atoms with E-state index in [1.165, 1.54) is 18.2 Å². The number of carbonyl (C=O) groups is 1. The van der Waals surface area contributed by atoms with Gasteiger partial charge in [0.2, 0.25) is 0 Å². The van der Waals surface area contributed by atoms with Gasteiger partial charge in [0.05, 0.1) is 110 Å². The molecule has 0 saturated carbocycles. The van der Waals surface area contributed by atoms with Gasteiger partial charge >= 0.3 is 5.97 Å². The Labute approximate surface area is 448 Å². The Morgan fingerprint density at radius 2 is 1.28 bits per heavy atom. The number of phenols is 1. The minimum Gasteiger partial charge on any atom is -0.507 e. The molecule has 22 heteroatoms. The first kappa shape index (κ1) is 63.6. The number of anilines is 2. The van der Waals surface area contributed by atoms with Gasteiger partial charge in [-0.1, -0.05) is 24.3 Å². The second kappa shape index (κ2) is 33.4. The first-order chi connectivity index (χ1) is 36.4. The van der Waals surface area contributed by atoms with Crippen LogP contribution < -0.4 is 14.5 Å². The molecule has 424 valence electrons. The van der Waals surface area contributed by atoms with Crippen molar-refractivity contribution in [3.05, 3.63) is 107 Å². The van der Waals surface area contributed by atoms with Gasteiger partial charge < -0.3 is 62.6 Å². The molecule has 0 fully saturated rings. The first-order valence-corrected chi connectivity index (χ1v) is 28.3. The zero-order chi connectivity index (χ0) is 55.4. The number of aliphatic carboxylic acids is 1. The highest BCUT2D eigenvalue weighted by Gasteiger charge is 2.43. The van der Waals surface area contributed by atoms with Crippen LogP contribution in [0, 0.1) is 6.92 Å². The van der Waals surface area contributed by atoms with Gasteiger partial charge in [0.25, 0.3) is 20.2 Å². The number of hydrogen-bond acceptors (Lipinski definition) is 17. The van der Waals surface area contributed by atoms with Gasteiger partial charge in [-0.25, -0.2) is 0 Å². The Kier molecular flexibility index (Phi) is 27.9. The van der Waals surface area contributed by atoms with Crippen LogP contribution in [0.3, 0.4) is 0 Å². The maximum absolute atomic E-state index is 12.3. The number of aryl methyl sites for hydroxylation is 1. The van der Waals surface area contributed by atoms with Crippen LogP contribution in [0.15, 0.2) is 89.5 Å². The summed E-state index contributed by atoms with van der Waals surface area (Å²) in [6.07, 6.45) is 8.23. The Balaban J connectivity index is 1.62. The lowest BCUT2D eigenvalue weighted by atomic mass is 9.77. The summed E-state index contributed by atoms with van der Waals surface area (Å²) in [5.74, 6) is -0.835. The third-order valence-electron chi connectivity index (χ3n) is 12.4. The summed E-state index contributed by atoms with van der Waals surface area (Å²) in [6.45, 7) is 11.0. The third kappa shape index (κ3) is 21.5. The molecule has 4 N–H and O–H groups in total. The highest BCUT2D eigenvalue weighted by Crippen LogP contribution is 2.51. The average molecular weight is 1110 g/mol. The van der Waals surface area contributed by atoms with Gasteiger partial charge in [-0.3, -0.25) is 13.9 Å². The molecular formula is C54H78N2O18S2. The third-order valence-corrected chi connectivity index (χ3v) is 14.1. The maximum atomic E-state index is 12.3. The van der Waals surface area contributed by atoms with Crippen molar-refractivity contribution in [2.24, 2.45) is 0 Å². The zero-order valence-electron chi connectivity index (χ0n) is 44.5. The number of aromatic hydroxyl groups is 1. The topological polar surface area (TPSA) is 256 Å². The minimum absolute atomic E-state index is 0.0184. The Morgan fingerprint density at radius 1 is 0.711 bits per heavy atom. The van der Waals surface area contributed by atoms with E-state index in [0.717, 1.165) is 22.4 Å². The number of carboxylic acids is 1. The predicted octanol–water partition coefficient (Wildman–Crippen LogP) is 6.73. The van der Waals surface area contributed by atoms with Crippen LogP contribution in [0.25, 0.3) is 5.57 Å². The van der Waals surface area contributed by atoms with Crippen LogP contribution in [0.1, 0.15) is 61.3 Å². The average Bonchev–Trinajstić information content (AvgIpc) is 3.59. The fourth-order valence-electron chi connectivity index (χ4n) is 8.58. The fraction of sp³-hybridized carbons (Fsp3) is 0.537. The fourth-order valence-corrected chi connectivity index (χ4v) is 9.58.